The number of nitro benzene ring substituents is 1. The summed E-state index contributed by atoms with van der Waals surface area (Å²) in [5.74, 6) is 0.567. The van der Waals surface area contributed by atoms with Crippen molar-refractivity contribution in [3.05, 3.63) is 33.9 Å². The Balaban J connectivity index is 2.43. The van der Waals surface area contributed by atoms with Crippen LogP contribution in [-0.2, 0) is 5.41 Å². The van der Waals surface area contributed by atoms with Crippen molar-refractivity contribution in [2.75, 3.05) is 13.7 Å². The standard InChI is InChI=1S/C11H14N2O3/c1-16-10-6-8(13(14)15)2-3-9(10)11(7-12)4-5-11/h2-3,6H,4-5,7,12H2,1H3. The lowest BCUT2D eigenvalue weighted by Gasteiger charge is -2.16. The number of hydrogen-bond donors (Lipinski definition) is 1. The van der Waals surface area contributed by atoms with Crippen molar-refractivity contribution < 1.29 is 9.66 Å². The number of benzene rings is 1. The Labute approximate surface area is 93.4 Å². The fourth-order valence-electron chi connectivity index (χ4n) is 1.97. The summed E-state index contributed by atoms with van der Waals surface area (Å²) >= 11 is 0. The molecule has 1 aliphatic rings. The molecule has 0 aromatic heterocycles. The third kappa shape index (κ3) is 1.63. The zero-order valence-corrected chi connectivity index (χ0v) is 9.10. The van der Waals surface area contributed by atoms with Crippen LogP contribution in [0.15, 0.2) is 18.2 Å². The average Bonchev–Trinajstić information content (AvgIpc) is 3.09. The Hall–Kier alpha value is -1.62. The Morgan fingerprint density at radius 2 is 2.25 bits per heavy atom. The number of nitrogens with two attached hydrogens (primary N) is 1. The number of methoxy groups -OCH3 is 1. The molecule has 1 fully saturated rings. The van der Waals surface area contributed by atoms with Crippen LogP contribution in [0.25, 0.3) is 0 Å². The van der Waals surface area contributed by atoms with Crippen LogP contribution in [0.3, 0.4) is 0 Å². The third-order valence-electron chi connectivity index (χ3n) is 3.21. The Morgan fingerprint density at radius 3 is 2.69 bits per heavy atom. The zero-order valence-electron chi connectivity index (χ0n) is 9.10. The topological polar surface area (TPSA) is 78.4 Å². The van der Waals surface area contributed by atoms with Crippen molar-refractivity contribution in [3.8, 4) is 5.75 Å². The molecule has 0 amide bonds. The van der Waals surface area contributed by atoms with Gasteiger partial charge in [0.2, 0.25) is 0 Å². The minimum atomic E-state index is -0.422. The molecule has 0 spiro atoms. The highest BCUT2D eigenvalue weighted by Gasteiger charge is 2.45. The SMILES string of the molecule is COc1cc([N+](=O)[O-])ccc1C1(CN)CC1. The number of nitro groups is 1. The first-order chi connectivity index (χ1) is 7.63. The minimum absolute atomic E-state index is 0.0134. The second-order valence-electron chi connectivity index (χ2n) is 4.13. The Morgan fingerprint density at radius 1 is 1.56 bits per heavy atom. The molecule has 2 N–H and O–H groups in total. The number of hydrogen-bond acceptors (Lipinski definition) is 4. The van der Waals surface area contributed by atoms with Gasteiger partial charge in [-0.15, -0.1) is 0 Å². The summed E-state index contributed by atoms with van der Waals surface area (Å²) < 4.78 is 5.20. The van der Waals surface area contributed by atoms with Crippen LogP contribution >= 0.6 is 0 Å². The van der Waals surface area contributed by atoms with Crippen LogP contribution in [-0.4, -0.2) is 18.6 Å². The predicted octanol–water partition coefficient (Wildman–Crippen LogP) is 1.59. The largest absolute Gasteiger partial charge is 0.496 e. The maximum atomic E-state index is 10.6. The lowest BCUT2D eigenvalue weighted by molar-refractivity contribution is -0.384. The molecular formula is C11H14N2O3. The van der Waals surface area contributed by atoms with Crippen LogP contribution < -0.4 is 10.5 Å². The number of rotatable bonds is 4. The molecule has 2 rings (SSSR count). The van der Waals surface area contributed by atoms with Gasteiger partial charge in [0.15, 0.2) is 0 Å². The highest BCUT2D eigenvalue weighted by atomic mass is 16.6. The molecule has 1 aromatic carbocycles. The van der Waals surface area contributed by atoms with E-state index in [1.165, 1.54) is 19.2 Å². The van der Waals surface area contributed by atoms with Crippen LogP contribution in [0.5, 0.6) is 5.75 Å². The monoisotopic (exact) mass is 222 g/mol. The van der Waals surface area contributed by atoms with Crippen LogP contribution in [0.4, 0.5) is 5.69 Å². The predicted molar refractivity (Wildman–Crippen MR) is 59.6 cm³/mol. The van der Waals surface area contributed by atoms with E-state index in [1.807, 2.05) is 0 Å². The maximum Gasteiger partial charge on any atom is 0.273 e. The molecule has 1 saturated carbocycles. The summed E-state index contributed by atoms with van der Waals surface area (Å²) in [4.78, 5) is 10.2. The first-order valence-electron chi connectivity index (χ1n) is 5.16. The van der Waals surface area contributed by atoms with E-state index in [9.17, 15) is 10.1 Å². The molecule has 1 aliphatic carbocycles. The van der Waals surface area contributed by atoms with Gasteiger partial charge in [0.05, 0.1) is 18.1 Å². The molecule has 0 aliphatic heterocycles. The molecule has 5 nitrogen and oxygen atoms in total. The molecule has 1 aromatic rings. The third-order valence-corrected chi connectivity index (χ3v) is 3.21. The minimum Gasteiger partial charge on any atom is -0.496 e. The van der Waals surface area contributed by atoms with Crippen molar-refractivity contribution in [2.45, 2.75) is 18.3 Å². The molecule has 0 radical (unpaired) electrons. The zero-order chi connectivity index (χ0) is 11.8. The Kier molecular flexibility index (Phi) is 2.55. The van der Waals surface area contributed by atoms with Crippen molar-refractivity contribution in [1.29, 1.82) is 0 Å². The molecule has 0 atom stereocenters. The van der Waals surface area contributed by atoms with Crippen LogP contribution in [0.1, 0.15) is 18.4 Å². The molecule has 0 heterocycles. The van der Waals surface area contributed by atoms with E-state index >= 15 is 0 Å². The summed E-state index contributed by atoms with van der Waals surface area (Å²) in [6.45, 7) is 0.557. The molecular weight excluding hydrogens is 208 g/mol. The van der Waals surface area contributed by atoms with Gasteiger partial charge in [0.1, 0.15) is 5.75 Å². The van der Waals surface area contributed by atoms with Crippen molar-refractivity contribution >= 4 is 5.69 Å². The molecule has 0 saturated heterocycles. The second-order valence-corrected chi connectivity index (χ2v) is 4.13. The van der Waals surface area contributed by atoms with Gasteiger partial charge in [-0.25, -0.2) is 0 Å². The van der Waals surface area contributed by atoms with Gasteiger partial charge in [-0.05, 0) is 18.9 Å². The molecule has 0 unspecified atom stereocenters. The van der Waals surface area contributed by atoms with Gasteiger partial charge in [-0.2, -0.15) is 0 Å². The van der Waals surface area contributed by atoms with Crippen molar-refractivity contribution in [3.63, 3.8) is 0 Å². The first-order valence-corrected chi connectivity index (χ1v) is 5.16. The molecule has 0 bridgehead atoms. The van der Waals surface area contributed by atoms with E-state index in [-0.39, 0.29) is 11.1 Å². The fourth-order valence-corrected chi connectivity index (χ4v) is 1.97. The van der Waals surface area contributed by atoms with E-state index in [0.717, 1.165) is 18.4 Å². The van der Waals surface area contributed by atoms with Gasteiger partial charge in [0.25, 0.3) is 5.69 Å². The van der Waals surface area contributed by atoms with Crippen LogP contribution in [0, 0.1) is 10.1 Å². The van der Waals surface area contributed by atoms with Gasteiger partial charge in [0, 0.05) is 23.6 Å². The number of nitrogens with zero attached hydrogens (tertiary/aromatic N) is 1. The highest BCUT2D eigenvalue weighted by Crippen LogP contribution is 2.50. The Bertz CT molecular complexity index is 427. The summed E-state index contributed by atoms with van der Waals surface area (Å²) in [5, 5.41) is 10.6. The van der Waals surface area contributed by atoms with E-state index in [2.05, 4.69) is 0 Å². The average molecular weight is 222 g/mol. The maximum absolute atomic E-state index is 10.6. The van der Waals surface area contributed by atoms with E-state index in [4.69, 9.17) is 10.5 Å². The first kappa shape index (κ1) is 10.9. The van der Waals surface area contributed by atoms with Gasteiger partial charge in [-0.3, -0.25) is 10.1 Å². The normalized spacial score (nSPS) is 16.9. The summed E-state index contributed by atoms with van der Waals surface area (Å²) in [6, 6.07) is 4.73. The van der Waals surface area contributed by atoms with Gasteiger partial charge < -0.3 is 10.5 Å². The lowest BCUT2D eigenvalue weighted by atomic mass is 9.95. The van der Waals surface area contributed by atoms with Crippen molar-refractivity contribution in [1.82, 2.24) is 0 Å². The summed E-state index contributed by atoms with van der Waals surface area (Å²) in [6.07, 6.45) is 2.05. The van der Waals surface area contributed by atoms with Gasteiger partial charge >= 0.3 is 0 Å². The number of non-ortho nitro benzene ring substituents is 1. The van der Waals surface area contributed by atoms with E-state index in [0.29, 0.717) is 12.3 Å². The second kappa shape index (κ2) is 3.75. The van der Waals surface area contributed by atoms with Crippen molar-refractivity contribution in [2.24, 2.45) is 5.73 Å². The highest BCUT2D eigenvalue weighted by molar-refractivity contribution is 5.50. The molecule has 86 valence electrons. The summed E-state index contributed by atoms with van der Waals surface area (Å²) in [7, 11) is 1.52. The van der Waals surface area contributed by atoms with E-state index in [1.54, 1.807) is 6.07 Å². The van der Waals surface area contributed by atoms with Gasteiger partial charge in [-0.1, -0.05) is 0 Å². The molecule has 5 heteroatoms. The number of ether oxygens (including phenoxy) is 1. The fraction of sp³-hybridized carbons (Fsp3) is 0.455. The van der Waals surface area contributed by atoms with Crippen LogP contribution in [0.2, 0.25) is 0 Å². The smallest absolute Gasteiger partial charge is 0.273 e. The molecule has 16 heavy (non-hydrogen) atoms. The quantitative estimate of drug-likeness (QED) is 0.619. The lowest BCUT2D eigenvalue weighted by Crippen LogP contribution is -2.20. The van der Waals surface area contributed by atoms with E-state index < -0.39 is 4.92 Å². The summed E-state index contributed by atoms with van der Waals surface area (Å²) in [5.41, 5.74) is 6.76.